The van der Waals surface area contributed by atoms with E-state index in [9.17, 15) is 9.90 Å². The lowest BCUT2D eigenvalue weighted by atomic mass is 9.77. The van der Waals surface area contributed by atoms with Gasteiger partial charge in [0.2, 0.25) is 0 Å². The van der Waals surface area contributed by atoms with Crippen LogP contribution in [0.25, 0.3) is 0 Å². The Bertz CT molecular complexity index is 375. The van der Waals surface area contributed by atoms with Crippen LogP contribution in [0.4, 0.5) is 4.79 Å². The quantitative estimate of drug-likeness (QED) is 0.701. The van der Waals surface area contributed by atoms with Crippen LogP contribution in [0, 0.1) is 5.41 Å². The van der Waals surface area contributed by atoms with Gasteiger partial charge in [-0.25, -0.2) is 4.79 Å². The molecule has 140 valence electrons. The van der Waals surface area contributed by atoms with Crippen molar-refractivity contribution >= 4 is 6.03 Å². The summed E-state index contributed by atoms with van der Waals surface area (Å²) in [5, 5.41) is 12.6. The van der Waals surface area contributed by atoms with E-state index in [2.05, 4.69) is 24.1 Å². The molecule has 2 rings (SSSR count). The highest BCUT2D eigenvalue weighted by atomic mass is 16.3. The van der Waals surface area contributed by atoms with E-state index in [-0.39, 0.29) is 18.1 Å². The summed E-state index contributed by atoms with van der Waals surface area (Å²) in [7, 11) is 0. The van der Waals surface area contributed by atoms with Crippen LogP contribution in [0.15, 0.2) is 0 Å². The molecule has 0 aromatic carbocycles. The fourth-order valence-corrected chi connectivity index (χ4v) is 4.04. The molecular weight excluding hydrogens is 302 g/mol. The summed E-state index contributed by atoms with van der Waals surface area (Å²) in [5.41, 5.74) is 0.0436. The fourth-order valence-electron chi connectivity index (χ4n) is 4.04. The topological polar surface area (TPSA) is 55.8 Å². The van der Waals surface area contributed by atoms with Gasteiger partial charge in [0, 0.05) is 32.3 Å². The molecule has 1 unspecified atom stereocenters. The number of piperidine rings is 2. The monoisotopic (exact) mass is 339 g/mol. The van der Waals surface area contributed by atoms with Crippen molar-refractivity contribution in [3.05, 3.63) is 0 Å². The molecule has 0 radical (unpaired) electrons. The van der Waals surface area contributed by atoms with Crippen LogP contribution in [-0.4, -0.2) is 66.3 Å². The molecule has 2 aliphatic rings. The normalized spacial score (nSPS) is 24.8. The second-order valence-electron chi connectivity index (χ2n) is 7.82. The Labute approximate surface area is 147 Å². The minimum absolute atomic E-state index is 0.0436. The lowest BCUT2D eigenvalue weighted by molar-refractivity contribution is 0.0520. The third-order valence-electron chi connectivity index (χ3n) is 6.29. The number of carbonyl (C=O) groups is 1. The van der Waals surface area contributed by atoms with Gasteiger partial charge in [0.25, 0.3) is 0 Å². The second kappa shape index (κ2) is 9.62. The van der Waals surface area contributed by atoms with Gasteiger partial charge < -0.3 is 20.2 Å². The molecule has 2 amide bonds. The number of hydrogen-bond acceptors (Lipinski definition) is 3. The number of likely N-dealkylation sites (tertiary alicyclic amines) is 2. The van der Waals surface area contributed by atoms with Crippen LogP contribution in [0.5, 0.6) is 0 Å². The second-order valence-corrected chi connectivity index (χ2v) is 7.82. The molecule has 5 heteroatoms. The number of unbranched alkanes of at least 4 members (excludes halogenated alkanes) is 1. The van der Waals surface area contributed by atoms with Crippen molar-refractivity contribution in [1.29, 1.82) is 0 Å². The van der Waals surface area contributed by atoms with Crippen molar-refractivity contribution < 1.29 is 9.90 Å². The molecule has 1 atom stereocenters. The van der Waals surface area contributed by atoms with Gasteiger partial charge in [-0.1, -0.05) is 13.3 Å². The van der Waals surface area contributed by atoms with Crippen molar-refractivity contribution in [3.8, 4) is 0 Å². The fraction of sp³-hybridized carbons (Fsp3) is 0.947. The Morgan fingerprint density at radius 1 is 1.21 bits per heavy atom. The number of aliphatic hydroxyl groups is 1. The van der Waals surface area contributed by atoms with Gasteiger partial charge in [-0.05, 0) is 70.4 Å². The molecule has 0 bridgehead atoms. The summed E-state index contributed by atoms with van der Waals surface area (Å²) in [6.07, 6.45) is 9.09. The maximum absolute atomic E-state index is 12.2. The third kappa shape index (κ3) is 5.35. The number of hydrogen-bond donors (Lipinski definition) is 2. The first-order chi connectivity index (χ1) is 11.6. The van der Waals surface area contributed by atoms with E-state index >= 15 is 0 Å². The minimum Gasteiger partial charge on any atom is -0.396 e. The zero-order valence-electron chi connectivity index (χ0n) is 15.7. The summed E-state index contributed by atoms with van der Waals surface area (Å²) in [4.78, 5) is 16.7. The Hall–Kier alpha value is -0.810. The van der Waals surface area contributed by atoms with Crippen molar-refractivity contribution in [1.82, 2.24) is 15.1 Å². The van der Waals surface area contributed by atoms with Crippen LogP contribution in [0.2, 0.25) is 0 Å². The van der Waals surface area contributed by atoms with E-state index in [0.29, 0.717) is 0 Å². The summed E-state index contributed by atoms with van der Waals surface area (Å²) < 4.78 is 0. The molecule has 0 aromatic heterocycles. The standard InChI is InChI=1S/C19H37N3O2/c1-3-19(16-23)9-14-22(15-10-19)18(24)20-11-5-7-13-21-12-6-4-8-17(21)2/h17,23H,3-16H2,1-2H3,(H,20,24). The van der Waals surface area contributed by atoms with Crippen molar-refractivity contribution in [3.63, 3.8) is 0 Å². The maximum atomic E-state index is 12.2. The molecule has 2 saturated heterocycles. The first-order valence-corrected chi connectivity index (χ1v) is 9.98. The Morgan fingerprint density at radius 3 is 2.58 bits per heavy atom. The molecule has 2 fully saturated rings. The van der Waals surface area contributed by atoms with Crippen molar-refractivity contribution in [2.75, 3.05) is 39.3 Å². The zero-order chi connectivity index (χ0) is 17.4. The van der Waals surface area contributed by atoms with Crippen LogP contribution >= 0.6 is 0 Å². The Morgan fingerprint density at radius 2 is 1.96 bits per heavy atom. The van der Waals surface area contributed by atoms with E-state index in [1.165, 1.54) is 25.8 Å². The lowest BCUT2D eigenvalue weighted by Crippen LogP contribution is -2.48. The number of rotatable bonds is 7. The smallest absolute Gasteiger partial charge is 0.317 e. The van der Waals surface area contributed by atoms with Crippen LogP contribution in [-0.2, 0) is 0 Å². The molecule has 2 aliphatic heterocycles. The lowest BCUT2D eigenvalue weighted by Gasteiger charge is -2.40. The average molecular weight is 340 g/mol. The van der Waals surface area contributed by atoms with Crippen molar-refractivity contribution in [2.45, 2.75) is 71.3 Å². The molecule has 0 aromatic rings. The van der Waals surface area contributed by atoms with Gasteiger partial charge >= 0.3 is 6.03 Å². The first-order valence-electron chi connectivity index (χ1n) is 9.98. The molecule has 5 nitrogen and oxygen atoms in total. The van der Waals surface area contributed by atoms with E-state index < -0.39 is 0 Å². The van der Waals surface area contributed by atoms with Crippen LogP contribution in [0.1, 0.15) is 65.2 Å². The summed E-state index contributed by atoms with van der Waals surface area (Å²) in [5.74, 6) is 0. The summed E-state index contributed by atoms with van der Waals surface area (Å²) in [6.45, 7) is 9.43. The van der Waals surface area contributed by atoms with E-state index in [1.54, 1.807) is 0 Å². The maximum Gasteiger partial charge on any atom is 0.317 e. The molecule has 0 aliphatic carbocycles. The number of nitrogens with zero attached hydrogens (tertiary/aromatic N) is 2. The zero-order valence-corrected chi connectivity index (χ0v) is 15.7. The molecule has 0 saturated carbocycles. The first kappa shape index (κ1) is 19.5. The van der Waals surface area contributed by atoms with E-state index in [0.717, 1.165) is 64.3 Å². The Kier molecular flexibility index (Phi) is 7.82. The number of carbonyl (C=O) groups excluding carboxylic acids is 1. The highest BCUT2D eigenvalue weighted by Gasteiger charge is 2.33. The summed E-state index contributed by atoms with van der Waals surface area (Å²) in [6, 6.07) is 0.802. The van der Waals surface area contributed by atoms with Crippen LogP contribution < -0.4 is 5.32 Å². The number of nitrogens with one attached hydrogen (secondary N) is 1. The highest BCUT2D eigenvalue weighted by Crippen LogP contribution is 2.34. The van der Waals surface area contributed by atoms with E-state index in [1.807, 2.05) is 4.90 Å². The molecule has 24 heavy (non-hydrogen) atoms. The van der Waals surface area contributed by atoms with Gasteiger partial charge in [0.05, 0.1) is 0 Å². The molecule has 2 heterocycles. The molecular formula is C19H37N3O2. The van der Waals surface area contributed by atoms with E-state index in [4.69, 9.17) is 0 Å². The van der Waals surface area contributed by atoms with Gasteiger partial charge in [-0.3, -0.25) is 0 Å². The minimum atomic E-state index is 0.0436. The highest BCUT2D eigenvalue weighted by molar-refractivity contribution is 5.74. The van der Waals surface area contributed by atoms with Gasteiger partial charge in [0.1, 0.15) is 0 Å². The van der Waals surface area contributed by atoms with Crippen molar-refractivity contribution in [2.24, 2.45) is 5.41 Å². The SMILES string of the molecule is CCC1(CO)CCN(C(=O)NCCCCN2CCCCC2C)CC1. The number of amides is 2. The number of aliphatic hydroxyl groups excluding tert-OH is 1. The predicted octanol–water partition coefficient (Wildman–Crippen LogP) is 2.84. The van der Waals surface area contributed by atoms with Gasteiger partial charge in [-0.2, -0.15) is 0 Å². The average Bonchev–Trinajstić information content (AvgIpc) is 2.63. The molecule has 0 spiro atoms. The third-order valence-corrected chi connectivity index (χ3v) is 6.29. The Balaban J connectivity index is 1.57. The number of urea groups is 1. The van der Waals surface area contributed by atoms with Gasteiger partial charge in [0.15, 0.2) is 0 Å². The largest absolute Gasteiger partial charge is 0.396 e. The predicted molar refractivity (Wildman–Crippen MR) is 98.1 cm³/mol. The van der Waals surface area contributed by atoms with Gasteiger partial charge in [-0.15, -0.1) is 0 Å². The van der Waals surface area contributed by atoms with Crippen LogP contribution in [0.3, 0.4) is 0 Å². The summed E-state index contributed by atoms with van der Waals surface area (Å²) >= 11 is 0. The molecule has 2 N–H and O–H groups in total.